The average molecular weight is 566 g/mol. The molecule has 0 fully saturated rings. The van der Waals surface area contributed by atoms with Crippen molar-refractivity contribution in [1.29, 1.82) is 0 Å². The predicted molar refractivity (Wildman–Crippen MR) is 159 cm³/mol. The van der Waals surface area contributed by atoms with Crippen LogP contribution in [-0.2, 0) is 12.8 Å². The maximum Gasteiger partial charge on any atom is 0.267 e. The monoisotopic (exact) mass is 565 g/mol. The second kappa shape index (κ2) is 11.7. The highest BCUT2D eigenvalue weighted by Gasteiger charge is 2.33. The third-order valence-corrected chi connectivity index (χ3v) is 7.32. The number of hydrogen-bond donors (Lipinski definition) is 4. The molecule has 1 aliphatic heterocycles. The quantitative estimate of drug-likeness (QED) is 0.174. The predicted octanol–water partition coefficient (Wildman–Crippen LogP) is 3.01. The van der Waals surface area contributed by atoms with E-state index in [-0.39, 0.29) is 23.0 Å². The zero-order chi connectivity index (χ0) is 30.0. The highest BCUT2D eigenvalue weighted by molar-refractivity contribution is 6.12. The molecule has 0 radical (unpaired) electrons. The number of carbonyl (C=O) groups excluding carboxylic acids is 2. The Bertz CT molecular complexity index is 1720. The van der Waals surface area contributed by atoms with Crippen LogP contribution in [0.25, 0.3) is 11.1 Å². The topological polar surface area (TPSA) is 181 Å². The fourth-order valence-corrected chi connectivity index (χ4v) is 5.45. The van der Waals surface area contributed by atoms with Crippen LogP contribution in [-0.4, -0.2) is 47.4 Å². The zero-order valence-electron chi connectivity index (χ0n) is 23.3. The lowest BCUT2D eigenvalue weighted by Crippen LogP contribution is -2.34. The standard InChI is InChI=1S/C31H31N7O4/c1-4-22(39)24-21(15-36-27(30(33)40)25(24)26-19-8-6-5-7-17(19)9-10-35-26)20-12-16(13-23(41-2)28(20)42-3)11-18-14-37-31(34)38-29(18)32/h4-8,12-15,26,35H,1,9-11H2,2-3H3,(H2,33,40)(H4,32,34,37,38). The first-order chi connectivity index (χ1) is 20.3. The van der Waals surface area contributed by atoms with Crippen LogP contribution in [0.5, 0.6) is 11.5 Å². The van der Waals surface area contributed by atoms with E-state index in [9.17, 15) is 9.59 Å². The van der Waals surface area contributed by atoms with E-state index in [1.807, 2.05) is 30.3 Å². The van der Waals surface area contributed by atoms with Gasteiger partial charge in [-0.15, -0.1) is 0 Å². The summed E-state index contributed by atoms with van der Waals surface area (Å²) in [7, 11) is 3.03. The van der Waals surface area contributed by atoms with E-state index in [1.165, 1.54) is 26.5 Å². The summed E-state index contributed by atoms with van der Waals surface area (Å²) in [5.41, 5.74) is 22.6. The number of nitrogens with zero attached hydrogens (tertiary/aromatic N) is 3. The van der Waals surface area contributed by atoms with Gasteiger partial charge < -0.3 is 32.0 Å². The number of hydrogen-bond acceptors (Lipinski definition) is 10. The molecule has 11 nitrogen and oxygen atoms in total. The normalized spacial score (nSPS) is 14.1. The lowest BCUT2D eigenvalue weighted by atomic mass is 9.83. The van der Waals surface area contributed by atoms with Gasteiger partial charge in [-0.3, -0.25) is 14.6 Å². The molecule has 1 unspecified atom stereocenters. The molecule has 4 aromatic rings. The van der Waals surface area contributed by atoms with Gasteiger partial charge in [0.25, 0.3) is 5.91 Å². The molecule has 0 spiro atoms. The molecule has 0 aliphatic carbocycles. The summed E-state index contributed by atoms with van der Waals surface area (Å²) in [6.45, 7) is 4.37. The Morgan fingerprint density at radius 2 is 1.88 bits per heavy atom. The van der Waals surface area contributed by atoms with Crippen LogP contribution in [0.4, 0.5) is 11.8 Å². The number of amides is 1. The van der Waals surface area contributed by atoms with Crippen LogP contribution in [0, 0.1) is 0 Å². The van der Waals surface area contributed by atoms with Gasteiger partial charge in [0.2, 0.25) is 5.95 Å². The fraction of sp³-hybridized carbons (Fsp3) is 0.194. The van der Waals surface area contributed by atoms with Gasteiger partial charge in [0.1, 0.15) is 11.5 Å². The number of pyridine rings is 1. The summed E-state index contributed by atoms with van der Waals surface area (Å²) < 4.78 is 11.5. The number of nitrogens with one attached hydrogen (secondary N) is 1. The number of methoxy groups -OCH3 is 2. The first-order valence-electron chi connectivity index (χ1n) is 13.2. The number of ether oxygens (including phenoxy) is 2. The van der Waals surface area contributed by atoms with E-state index < -0.39 is 17.7 Å². The molecule has 3 heterocycles. The number of anilines is 2. The van der Waals surface area contributed by atoms with Gasteiger partial charge in [-0.05, 0) is 41.3 Å². The summed E-state index contributed by atoms with van der Waals surface area (Å²) >= 11 is 0. The van der Waals surface area contributed by atoms with Crippen molar-refractivity contribution >= 4 is 23.5 Å². The number of primary amides is 1. The largest absolute Gasteiger partial charge is 0.493 e. The van der Waals surface area contributed by atoms with Gasteiger partial charge in [0.05, 0.1) is 20.3 Å². The third kappa shape index (κ3) is 5.13. The second-order valence-electron chi connectivity index (χ2n) is 9.77. The average Bonchev–Trinajstić information content (AvgIpc) is 3.00. The minimum atomic E-state index is -0.753. The number of fused-ring (bicyclic) bond motifs is 1. The molecule has 214 valence electrons. The van der Waals surface area contributed by atoms with E-state index >= 15 is 0 Å². The van der Waals surface area contributed by atoms with Crippen molar-refractivity contribution in [1.82, 2.24) is 20.3 Å². The number of ketones is 1. The Kier molecular flexibility index (Phi) is 7.85. The van der Waals surface area contributed by atoms with Crippen molar-refractivity contribution in [2.75, 3.05) is 32.2 Å². The number of allylic oxidation sites excluding steroid dienone is 1. The van der Waals surface area contributed by atoms with Gasteiger partial charge >= 0.3 is 0 Å². The first-order valence-corrected chi connectivity index (χ1v) is 13.2. The Hall–Kier alpha value is -5.29. The number of carbonyl (C=O) groups is 2. The smallest absolute Gasteiger partial charge is 0.267 e. The van der Waals surface area contributed by atoms with E-state index in [0.29, 0.717) is 46.7 Å². The number of nitrogens with two attached hydrogens (primary N) is 3. The molecule has 5 rings (SSSR count). The van der Waals surface area contributed by atoms with Crippen LogP contribution in [0.2, 0.25) is 0 Å². The summed E-state index contributed by atoms with van der Waals surface area (Å²) in [5.74, 6) is -0.0499. The molecule has 1 atom stereocenters. The van der Waals surface area contributed by atoms with Gasteiger partial charge in [0.15, 0.2) is 17.3 Å². The summed E-state index contributed by atoms with van der Waals surface area (Å²) in [4.78, 5) is 39.1. The Labute approximate surface area is 242 Å². The molecule has 11 heteroatoms. The van der Waals surface area contributed by atoms with Crippen molar-refractivity contribution in [3.05, 3.63) is 101 Å². The molecule has 0 bridgehead atoms. The molecule has 42 heavy (non-hydrogen) atoms. The lowest BCUT2D eigenvalue weighted by molar-refractivity contribution is 0.0994. The fourth-order valence-electron chi connectivity index (χ4n) is 5.45. The van der Waals surface area contributed by atoms with Crippen molar-refractivity contribution in [2.24, 2.45) is 5.73 Å². The second-order valence-corrected chi connectivity index (χ2v) is 9.77. The van der Waals surface area contributed by atoms with E-state index in [4.69, 9.17) is 26.7 Å². The zero-order valence-corrected chi connectivity index (χ0v) is 23.3. The molecule has 1 amide bonds. The minimum Gasteiger partial charge on any atom is -0.493 e. The van der Waals surface area contributed by atoms with Crippen LogP contribution in [0.15, 0.2) is 61.4 Å². The summed E-state index contributed by atoms with van der Waals surface area (Å²) in [5, 5.41) is 3.46. The minimum absolute atomic E-state index is 0.00737. The highest BCUT2D eigenvalue weighted by Crippen LogP contribution is 2.44. The van der Waals surface area contributed by atoms with E-state index in [0.717, 1.165) is 23.1 Å². The van der Waals surface area contributed by atoms with E-state index in [2.05, 4.69) is 26.8 Å². The van der Waals surface area contributed by atoms with Gasteiger partial charge in [0, 0.05) is 53.2 Å². The Morgan fingerprint density at radius 1 is 1.10 bits per heavy atom. The lowest BCUT2D eigenvalue weighted by Gasteiger charge is -2.30. The van der Waals surface area contributed by atoms with Gasteiger partial charge in [-0.1, -0.05) is 30.8 Å². The van der Waals surface area contributed by atoms with Gasteiger partial charge in [-0.2, -0.15) is 4.98 Å². The summed E-state index contributed by atoms with van der Waals surface area (Å²) in [6.07, 6.45) is 5.36. The first kappa shape index (κ1) is 28.2. The molecule has 7 N–H and O–H groups in total. The Morgan fingerprint density at radius 3 is 2.57 bits per heavy atom. The molecule has 0 saturated carbocycles. The molecule has 2 aromatic heterocycles. The van der Waals surface area contributed by atoms with Crippen LogP contribution < -0.4 is 32.0 Å². The number of rotatable bonds is 9. The SMILES string of the molecule is C=CC(=O)c1c(-c2cc(Cc3cnc(N)nc3N)cc(OC)c2OC)cnc(C(N)=O)c1C1NCCc2ccccc21. The van der Waals surface area contributed by atoms with Crippen molar-refractivity contribution in [2.45, 2.75) is 18.9 Å². The third-order valence-electron chi connectivity index (χ3n) is 7.32. The molecule has 1 aliphatic rings. The maximum atomic E-state index is 13.7. The highest BCUT2D eigenvalue weighted by atomic mass is 16.5. The Balaban J connectivity index is 1.80. The van der Waals surface area contributed by atoms with Crippen LogP contribution in [0.1, 0.15) is 54.7 Å². The molecule has 0 saturated heterocycles. The number of nitrogen functional groups attached to an aromatic ring is 2. The van der Waals surface area contributed by atoms with Crippen molar-refractivity contribution in [3.63, 3.8) is 0 Å². The molecular formula is C31H31N7O4. The number of benzene rings is 2. The molecular weight excluding hydrogens is 534 g/mol. The van der Waals surface area contributed by atoms with E-state index in [1.54, 1.807) is 12.3 Å². The van der Waals surface area contributed by atoms with Gasteiger partial charge in [-0.25, -0.2) is 4.98 Å². The van der Waals surface area contributed by atoms with Crippen molar-refractivity contribution < 1.29 is 19.1 Å². The van der Waals surface area contributed by atoms with Crippen LogP contribution in [0.3, 0.4) is 0 Å². The maximum absolute atomic E-state index is 13.7. The van der Waals surface area contributed by atoms with Crippen LogP contribution >= 0.6 is 0 Å². The van der Waals surface area contributed by atoms with Crippen molar-refractivity contribution in [3.8, 4) is 22.6 Å². The molecule has 2 aromatic carbocycles. The summed E-state index contributed by atoms with van der Waals surface area (Å²) in [6, 6.07) is 11.0. The number of aromatic nitrogens is 3.